The molecule has 9 nitrogen and oxygen atoms in total. The molecule has 6 rings (SSSR count). The van der Waals surface area contributed by atoms with Crippen molar-refractivity contribution in [3.05, 3.63) is 78.4 Å². The summed E-state index contributed by atoms with van der Waals surface area (Å²) in [5, 5.41) is 4.42. The van der Waals surface area contributed by atoms with Crippen molar-refractivity contribution in [3.8, 4) is 0 Å². The smallest absolute Gasteiger partial charge is 0.156 e. The van der Waals surface area contributed by atoms with Gasteiger partial charge in [0.1, 0.15) is 29.3 Å². The number of aryl methyl sites for hydroxylation is 1. The Hall–Kier alpha value is -4.47. The fourth-order valence-corrected chi connectivity index (χ4v) is 4.82. The zero-order chi connectivity index (χ0) is 25.4. The SMILES string of the molecule is Cc1c(F)ccc2cc(C(C)Nc3ncnc4cccnc34)c(N3CCN(c4cnccn4)CC3)nc12. The van der Waals surface area contributed by atoms with Gasteiger partial charge in [-0.05, 0) is 44.2 Å². The number of nitrogens with one attached hydrogen (secondary N) is 1. The number of nitrogens with zero attached hydrogens (tertiary/aromatic N) is 8. The first-order valence-electron chi connectivity index (χ1n) is 12.3. The highest BCUT2D eigenvalue weighted by Gasteiger charge is 2.25. The van der Waals surface area contributed by atoms with Gasteiger partial charge >= 0.3 is 0 Å². The second-order valence-electron chi connectivity index (χ2n) is 9.14. The van der Waals surface area contributed by atoms with Crippen molar-refractivity contribution in [2.75, 3.05) is 41.3 Å². The summed E-state index contributed by atoms with van der Waals surface area (Å²) in [5.41, 5.74) is 3.72. The fourth-order valence-electron chi connectivity index (χ4n) is 4.82. The number of anilines is 3. The molecule has 10 heteroatoms. The standard InChI is InChI=1S/C27H26FN9/c1-17-21(28)6-5-19-14-20(18(2)34-26-25-22(32-16-33-26)4-3-7-31-25)27(35-24(17)19)37-12-10-36(11-13-37)23-15-29-8-9-30-23/h3-9,14-16,18H,10-13H2,1-2H3,(H,32,33,34). The molecule has 1 fully saturated rings. The Morgan fingerprint density at radius 1 is 0.919 bits per heavy atom. The monoisotopic (exact) mass is 495 g/mol. The van der Waals surface area contributed by atoms with Crippen LogP contribution in [0.3, 0.4) is 0 Å². The minimum Gasteiger partial charge on any atom is -0.361 e. The van der Waals surface area contributed by atoms with Gasteiger partial charge in [0.15, 0.2) is 5.82 Å². The molecule has 37 heavy (non-hydrogen) atoms. The lowest BCUT2D eigenvalue weighted by Crippen LogP contribution is -2.47. The first kappa shape index (κ1) is 23.0. The molecule has 0 spiro atoms. The largest absolute Gasteiger partial charge is 0.361 e. The summed E-state index contributed by atoms with van der Waals surface area (Å²) in [5.74, 6) is 2.11. The highest BCUT2D eigenvalue weighted by Crippen LogP contribution is 2.33. The van der Waals surface area contributed by atoms with Crippen LogP contribution in [0.25, 0.3) is 21.9 Å². The molecule has 1 N–H and O–H groups in total. The zero-order valence-corrected chi connectivity index (χ0v) is 20.6. The first-order chi connectivity index (χ1) is 18.1. The molecule has 0 bridgehead atoms. The van der Waals surface area contributed by atoms with Gasteiger partial charge in [-0.25, -0.2) is 24.3 Å². The van der Waals surface area contributed by atoms with Crippen molar-refractivity contribution in [2.24, 2.45) is 0 Å². The van der Waals surface area contributed by atoms with E-state index in [1.54, 1.807) is 37.8 Å². The second-order valence-corrected chi connectivity index (χ2v) is 9.14. The molecule has 5 aromatic rings. The maximum atomic E-state index is 14.4. The maximum absolute atomic E-state index is 14.4. The molecule has 1 aromatic carbocycles. The first-order valence-corrected chi connectivity index (χ1v) is 12.3. The van der Waals surface area contributed by atoms with Gasteiger partial charge in [0.25, 0.3) is 0 Å². The summed E-state index contributed by atoms with van der Waals surface area (Å²) in [7, 11) is 0. The molecule has 1 unspecified atom stereocenters. The Morgan fingerprint density at radius 3 is 2.57 bits per heavy atom. The predicted octanol–water partition coefficient (Wildman–Crippen LogP) is 4.31. The number of hydrogen-bond acceptors (Lipinski definition) is 9. The molecule has 0 amide bonds. The Bertz CT molecular complexity index is 1560. The van der Waals surface area contributed by atoms with Crippen LogP contribution in [-0.4, -0.2) is 56.1 Å². The van der Waals surface area contributed by atoms with Crippen LogP contribution >= 0.6 is 0 Å². The van der Waals surface area contributed by atoms with Crippen molar-refractivity contribution >= 4 is 39.4 Å². The Balaban J connectivity index is 1.37. The molecule has 1 atom stereocenters. The number of pyridine rings is 2. The van der Waals surface area contributed by atoms with Crippen molar-refractivity contribution in [3.63, 3.8) is 0 Å². The van der Waals surface area contributed by atoms with Crippen LogP contribution in [0.15, 0.2) is 61.4 Å². The quantitative estimate of drug-likeness (QED) is 0.383. The molecule has 1 aliphatic rings. The third-order valence-corrected chi connectivity index (χ3v) is 6.85. The lowest BCUT2D eigenvalue weighted by Gasteiger charge is -2.37. The number of piperazine rings is 1. The lowest BCUT2D eigenvalue weighted by atomic mass is 10.0. The summed E-state index contributed by atoms with van der Waals surface area (Å²) < 4.78 is 14.4. The number of hydrogen-bond donors (Lipinski definition) is 1. The molecule has 186 valence electrons. The Kier molecular flexibility index (Phi) is 5.91. The maximum Gasteiger partial charge on any atom is 0.156 e. The van der Waals surface area contributed by atoms with Gasteiger partial charge in [-0.3, -0.25) is 9.97 Å². The van der Waals surface area contributed by atoms with Gasteiger partial charge in [-0.2, -0.15) is 0 Å². The van der Waals surface area contributed by atoms with Crippen molar-refractivity contribution in [2.45, 2.75) is 19.9 Å². The number of benzene rings is 1. The normalized spacial score (nSPS) is 14.8. The van der Waals surface area contributed by atoms with Crippen LogP contribution in [-0.2, 0) is 0 Å². The topological polar surface area (TPSA) is 95.9 Å². The van der Waals surface area contributed by atoms with E-state index in [9.17, 15) is 4.39 Å². The van der Waals surface area contributed by atoms with E-state index in [1.807, 2.05) is 12.1 Å². The van der Waals surface area contributed by atoms with Crippen molar-refractivity contribution in [1.29, 1.82) is 0 Å². The van der Waals surface area contributed by atoms with Gasteiger partial charge in [0.2, 0.25) is 0 Å². The molecule has 1 saturated heterocycles. The minimum atomic E-state index is -0.254. The van der Waals surface area contributed by atoms with Gasteiger partial charge in [-0.15, -0.1) is 0 Å². The van der Waals surface area contributed by atoms with Crippen LogP contribution in [0.4, 0.5) is 21.8 Å². The summed E-state index contributed by atoms with van der Waals surface area (Å²) >= 11 is 0. The average molecular weight is 496 g/mol. The van der Waals surface area contributed by atoms with Crippen LogP contribution in [0.1, 0.15) is 24.1 Å². The fraction of sp³-hybridized carbons (Fsp3) is 0.259. The van der Waals surface area contributed by atoms with Crippen LogP contribution in [0, 0.1) is 12.7 Å². The Labute approximate surface area is 213 Å². The van der Waals surface area contributed by atoms with Crippen molar-refractivity contribution < 1.29 is 4.39 Å². The van der Waals surface area contributed by atoms with Gasteiger partial charge in [-0.1, -0.05) is 0 Å². The minimum absolute atomic E-state index is 0.143. The number of aromatic nitrogens is 6. The van der Waals surface area contributed by atoms with Crippen LogP contribution in [0.2, 0.25) is 0 Å². The van der Waals surface area contributed by atoms with E-state index in [4.69, 9.17) is 4.98 Å². The highest BCUT2D eigenvalue weighted by molar-refractivity contribution is 5.87. The molecule has 0 aliphatic carbocycles. The average Bonchev–Trinajstić information content (AvgIpc) is 2.95. The zero-order valence-electron chi connectivity index (χ0n) is 20.6. The van der Waals surface area contributed by atoms with E-state index >= 15 is 0 Å². The van der Waals surface area contributed by atoms with E-state index in [0.29, 0.717) is 22.4 Å². The van der Waals surface area contributed by atoms with Crippen molar-refractivity contribution in [1.82, 2.24) is 29.9 Å². The second kappa shape index (κ2) is 9.53. The van der Waals surface area contributed by atoms with Crippen LogP contribution in [0.5, 0.6) is 0 Å². The number of rotatable bonds is 5. The Morgan fingerprint density at radius 2 is 1.76 bits per heavy atom. The molecule has 4 aromatic heterocycles. The van der Waals surface area contributed by atoms with E-state index in [0.717, 1.165) is 54.3 Å². The van der Waals surface area contributed by atoms with Gasteiger partial charge in [0, 0.05) is 61.3 Å². The third kappa shape index (κ3) is 4.35. The molecule has 1 aliphatic heterocycles. The molecule has 5 heterocycles. The molecule has 0 saturated carbocycles. The lowest BCUT2D eigenvalue weighted by molar-refractivity contribution is 0.620. The van der Waals surface area contributed by atoms with E-state index < -0.39 is 0 Å². The van der Waals surface area contributed by atoms with Gasteiger partial charge < -0.3 is 15.1 Å². The summed E-state index contributed by atoms with van der Waals surface area (Å²) in [6.45, 7) is 6.92. The van der Waals surface area contributed by atoms with Gasteiger partial charge in [0.05, 0.1) is 23.3 Å². The number of halogens is 1. The molecule has 0 radical (unpaired) electrons. The molecular weight excluding hydrogens is 469 g/mol. The predicted molar refractivity (Wildman–Crippen MR) is 142 cm³/mol. The third-order valence-electron chi connectivity index (χ3n) is 6.85. The van der Waals surface area contributed by atoms with E-state index in [2.05, 4.69) is 53.0 Å². The van der Waals surface area contributed by atoms with E-state index in [1.165, 1.54) is 12.4 Å². The van der Waals surface area contributed by atoms with E-state index in [-0.39, 0.29) is 11.9 Å². The highest BCUT2D eigenvalue weighted by atomic mass is 19.1. The summed E-state index contributed by atoms with van der Waals surface area (Å²) in [6, 6.07) is 9.02. The number of fused-ring (bicyclic) bond motifs is 2. The van der Waals surface area contributed by atoms with Crippen LogP contribution < -0.4 is 15.1 Å². The summed E-state index contributed by atoms with van der Waals surface area (Å²) in [6.07, 6.45) is 8.45. The summed E-state index contributed by atoms with van der Waals surface area (Å²) in [4.78, 5) is 31.4. The molecular formula is C27H26FN9.